The summed E-state index contributed by atoms with van der Waals surface area (Å²) < 4.78 is 38.9. The van der Waals surface area contributed by atoms with Crippen LogP contribution in [0.5, 0.6) is 11.5 Å². The van der Waals surface area contributed by atoms with Gasteiger partial charge in [0, 0.05) is 12.1 Å². The van der Waals surface area contributed by atoms with Crippen molar-refractivity contribution in [3.8, 4) is 11.5 Å². The molecule has 0 fully saturated rings. The SMILES string of the molecule is C[C@@H](C(=O)O)N(CC(=O)O)c1ccc(F)cc1OCCOc1cc(F)ccc1N(CC(=O)O)[C@@H](C)C(=O)O. The minimum atomic E-state index is -1.34. The van der Waals surface area contributed by atoms with E-state index in [1.807, 2.05) is 0 Å². The third-order valence-electron chi connectivity index (χ3n) is 5.32. The highest BCUT2D eigenvalue weighted by molar-refractivity contribution is 5.84. The Bertz CT molecular complexity index is 1100. The van der Waals surface area contributed by atoms with Gasteiger partial charge in [0.1, 0.15) is 61.5 Å². The molecule has 12 nitrogen and oxygen atoms in total. The van der Waals surface area contributed by atoms with Crippen molar-refractivity contribution in [1.82, 2.24) is 0 Å². The molecule has 2 aromatic rings. The fourth-order valence-corrected chi connectivity index (χ4v) is 3.40. The zero-order valence-electron chi connectivity index (χ0n) is 20.3. The summed E-state index contributed by atoms with van der Waals surface area (Å²) >= 11 is 0. The second-order valence-electron chi connectivity index (χ2n) is 7.99. The van der Waals surface area contributed by atoms with Crippen LogP contribution in [0.3, 0.4) is 0 Å². The second-order valence-corrected chi connectivity index (χ2v) is 7.99. The number of halogens is 2. The highest BCUT2D eigenvalue weighted by atomic mass is 19.1. The molecule has 2 rings (SSSR count). The Balaban J connectivity index is 2.27. The molecule has 0 spiro atoms. The van der Waals surface area contributed by atoms with E-state index in [-0.39, 0.29) is 36.1 Å². The van der Waals surface area contributed by atoms with E-state index < -0.39 is 60.7 Å². The van der Waals surface area contributed by atoms with Gasteiger partial charge in [-0.3, -0.25) is 9.59 Å². The first-order valence-corrected chi connectivity index (χ1v) is 11.1. The first-order chi connectivity index (χ1) is 17.8. The lowest BCUT2D eigenvalue weighted by Gasteiger charge is -2.29. The predicted molar refractivity (Wildman–Crippen MR) is 128 cm³/mol. The van der Waals surface area contributed by atoms with Gasteiger partial charge < -0.3 is 39.7 Å². The monoisotopic (exact) mass is 540 g/mol. The van der Waals surface area contributed by atoms with Gasteiger partial charge in [0.15, 0.2) is 0 Å². The molecule has 14 heteroatoms. The number of hydrogen-bond acceptors (Lipinski definition) is 8. The Morgan fingerprint density at radius 2 is 1.05 bits per heavy atom. The third-order valence-corrected chi connectivity index (χ3v) is 5.32. The summed E-state index contributed by atoms with van der Waals surface area (Å²) in [6.45, 7) is 0.409. The van der Waals surface area contributed by atoms with Crippen molar-refractivity contribution in [2.75, 3.05) is 36.1 Å². The minimum absolute atomic E-state index is 0.0157. The van der Waals surface area contributed by atoms with Gasteiger partial charge in [0.2, 0.25) is 0 Å². The molecule has 4 N–H and O–H groups in total. The largest absolute Gasteiger partial charge is 0.488 e. The molecule has 0 bridgehead atoms. The summed E-state index contributed by atoms with van der Waals surface area (Å²) in [7, 11) is 0. The molecule has 0 aromatic heterocycles. The van der Waals surface area contributed by atoms with E-state index in [9.17, 15) is 48.4 Å². The lowest BCUT2D eigenvalue weighted by Crippen LogP contribution is -2.42. The van der Waals surface area contributed by atoms with E-state index in [1.165, 1.54) is 13.8 Å². The number of rotatable bonds is 15. The number of ether oxygens (including phenoxy) is 2. The van der Waals surface area contributed by atoms with Crippen LogP contribution >= 0.6 is 0 Å². The Morgan fingerprint density at radius 1 is 0.711 bits per heavy atom. The number of aliphatic carboxylic acids is 4. The zero-order chi connectivity index (χ0) is 28.6. The van der Waals surface area contributed by atoms with Crippen LogP contribution in [0.15, 0.2) is 36.4 Å². The van der Waals surface area contributed by atoms with Gasteiger partial charge in [0.05, 0.1) is 11.4 Å². The summed E-state index contributed by atoms with van der Waals surface area (Å²) in [5, 5.41) is 37.1. The van der Waals surface area contributed by atoms with Crippen LogP contribution in [0.2, 0.25) is 0 Å². The number of hydrogen-bond donors (Lipinski definition) is 4. The van der Waals surface area contributed by atoms with E-state index in [2.05, 4.69) is 0 Å². The zero-order valence-corrected chi connectivity index (χ0v) is 20.3. The standard InChI is InChI=1S/C24H26F2N2O10/c1-13(23(33)34)27(11-21(29)30)17-5-3-15(25)9-19(17)37-7-8-38-20-10-16(26)4-6-18(20)28(12-22(31)32)14(2)24(35)36/h3-6,9-10,13-14H,7-8,11-12H2,1-2H3,(H,29,30)(H,31,32)(H,33,34)(H,35,36)/t13-,14-/m0/s1. The lowest BCUT2D eigenvalue weighted by atomic mass is 10.2. The molecule has 38 heavy (non-hydrogen) atoms. The van der Waals surface area contributed by atoms with Gasteiger partial charge in [-0.15, -0.1) is 0 Å². The van der Waals surface area contributed by atoms with Crippen LogP contribution in [0.25, 0.3) is 0 Å². The van der Waals surface area contributed by atoms with Crippen molar-refractivity contribution >= 4 is 35.3 Å². The van der Waals surface area contributed by atoms with Crippen molar-refractivity contribution < 1.29 is 57.9 Å². The van der Waals surface area contributed by atoms with Crippen LogP contribution in [0, 0.1) is 11.6 Å². The van der Waals surface area contributed by atoms with Crippen molar-refractivity contribution in [3.63, 3.8) is 0 Å². The predicted octanol–water partition coefficient (Wildman–Crippen LogP) is 2.15. The molecule has 0 aliphatic rings. The molecule has 0 aliphatic heterocycles. The quantitative estimate of drug-likeness (QED) is 0.243. The smallest absolute Gasteiger partial charge is 0.326 e. The first kappa shape index (κ1) is 29.6. The number of carboxylic acids is 4. The number of benzene rings is 2. The number of nitrogens with zero attached hydrogens (tertiary/aromatic N) is 2. The Morgan fingerprint density at radius 3 is 1.34 bits per heavy atom. The molecule has 0 unspecified atom stereocenters. The maximum Gasteiger partial charge on any atom is 0.326 e. The number of carboxylic acid groups (broad SMARTS) is 4. The van der Waals surface area contributed by atoms with Crippen LogP contribution in [-0.2, 0) is 19.2 Å². The average molecular weight is 540 g/mol. The van der Waals surface area contributed by atoms with E-state index in [0.717, 1.165) is 46.2 Å². The molecule has 2 aromatic carbocycles. The van der Waals surface area contributed by atoms with Crippen LogP contribution in [-0.4, -0.2) is 82.7 Å². The normalized spacial score (nSPS) is 12.2. The molecule has 206 valence electrons. The van der Waals surface area contributed by atoms with Gasteiger partial charge in [-0.05, 0) is 38.1 Å². The topological polar surface area (TPSA) is 174 Å². The molecule has 0 saturated carbocycles. The highest BCUT2D eigenvalue weighted by Gasteiger charge is 2.27. The van der Waals surface area contributed by atoms with Crippen molar-refractivity contribution in [2.45, 2.75) is 25.9 Å². The Hall–Kier alpha value is -4.62. The van der Waals surface area contributed by atoms with Gasteiger partial charge >= 0.3 is 23.9 Å². The summed E-state index contributed by atoms with van der Waals surface area (Å²) in [6, 6.07) is 3.57. The Kier molecular flexibility index (Phi) is 10.2. The average Bonchev–Trinajstić information content (AvgIpc) is 2.83. The molecule has 2 atom stereocenters. The van der Waals surface area contributed by atoms with Crippen molar-refractivity contribution in [1.29, 1.82) is 0 Å². The first-order valence-electron chi connectivity index (χ1n) is 11.1. The molecular formula is C24H26F2N2O10. The summed E-state index contributed by atoms with van der Waals surface area (Å²) in [5.41, 5.74) is -0.0314. The maximum absolute atomic E-state index is 13.9. The molecule has 0 radical (unpaired) electrons. The van der Waals surface area contributed by atoms with E-state index in [0.29, 0.717) is 0 Å². The highest BCUT2D eigenvalue weighted by Crippen LogP contribution is 2.32. The van der Waals surface area contributed by atoms with Gasteiger partial charge in [-0.25, -0.2) is 18.4 Å². The molecule has 0 amide bonds. The number of anilines is 2. The maximum atomic E-state index is 13.9. The summed E-state index contributed by atoms with van der Waals surface area (Å²) in [6.07, 6.45) is 0. The van der Waals surface area contributed by atoms with Crippen molar-refractivity contribution in [3.05, 3.63) is 48.0 Å². The van der Waals surface area contributed by atoms with Crippen molar-refractivity contribution in [2.24, 2.45) is 0 Å². The van der Waals surface area contributed by atoms with Crippen LogP contribution in [0.4, 0.5) is 20.2 Å². The van der Waals surface area contributed by atoms with Crippen LogP contribution < -0.4 is 19.3 Å². The fourth-order valence-electron chi connectivity index (χ4n) is 3.40. The fraction of sp³-hybridized carbons (Fsp3) is 0.333. The summed E-state index contributed by atoms with van der Waals surface area (Å²) in [5.74, 6) is -7.20. The van der Waals surface area contributed by atoms with E-state index in [4.69, 9.17) is 9.47 Å². The minimum Gasteiger partial charge on any atom is -0.488 e. The van der Waals surface area contributed by atoms with E-state index >= 15 is 0 Å². The molecular weight excluding hydrogens is 514 g/mol. The second kappa shape index (κ2) is 13.1. The lowest BCUT2D eigenvalue weighted by molar-refractivity contribution is -0.140. The molecule has 0 heterocycles. The van der Waals surface area contributed by atoms with Crippen LogP contribution in [0.1, 0.15) is 13.8 Å². The molecule has 0 aliphatic carbocycles. The Labute approximate surface area is 215 Å². The van der Waals surface area contributed by atoms with E-state index in [1.54, 1.807) is 0 Å². The van der Waals surface area contributed by atoms with Gasteiger partial charge in [0.25, 0.3) is 0 Å². The van der Waals surface area contributed by atoms with Gasteiger partial charge in [-0.1, -0.05) is 0 Å². The number of carbonyl (C=O) groups is 4. The van der Waals surface area contributed by atoms with Gasteiger partial charge in [-0.2, -0.15) is 0 Å². The molecule has 0 saturated heterocycles. The third kappa shape index (κ3) is 7.94. The summed E-state index contributed by atoms with van der Waals surface area (Å²) in [4.78, 5) is 47.5.